The van der Waals surface area contributed by atoms with Crippen LogP contribution in [0.1, 0.15) is 37.0 Å². The molecule has 3 nitrogen and oxygen atoms in total. The lowest BCUT2D eigenvalue weighted by atomic mass is 9.77. The van der Waals surface area contributed by atoms with Crippen LogP contribution in [0.15, 0.2) is 41.1 Å². The Morgan fingerprint density at radius 3 is 2.45 bits per heavy atom. The van der Waals surface area contributed by atoms with Crippen LogP contribution in [-0.4, -0.2) is 14.0 Å². The summed E-state index contributed by atoms with van der Waals surface area (Å²) in [5.74, 6) is 0.732. The van der Waals surface area contributed by atoms with Gasteiger partial charge in [0.15, 0.2) is 0 Å². The highest BCUT2D eigenvalue weighted by Gasteiger charge is 2.51. The van der Waals surface area contributed by atoms with Gasteiger partial charge in [0.1, 0.15) is 4.21 Å². The highest BCUT2D eigenvalue weighted by atomic mass is 32.2. The maximum atomic E-state index is 12.9. The molecule has 1 N–H and O–H groups in total. The lowest BCUT2D eigenvalue weighted by Crippen LogP contribution is -2.54. The molecule has 120 valence electrons. The molecule has 1 saturated carbocycles. The third-order valence-electron chi connectivity index (χ3n) is 5.12. The summed E-state index contributed by atoms with van der Waals surface area (Å²) in [6.07, 6.45) is 11.1. The van der Waals surface area contributed by atoms with Gasteiger partial charge in [-0.05, 0) is 63.0 Å². The predicted molar refractivity (Wildman–Crippen MR) is 91.5 cm³/mol. The average Bonchev–Trinajstić information content (AvgIpc) is 2.93. The van der Waals surface area contributed by atoms with Gasteiger partial charge in [0, 0.05) is 10.4 Å². The number of hydrogen-bond acceptors (Lipinski definition) is 3. The second-order valence-electron chi connectivity index (χ2n) is 6.42. The summed E-state index contributed by atoms with van der Waals surface area (Å²) in [4.78, 5) is 1.02. The molecule has 2 aliphatic carbocycles. The second kappa shape index (κ2) is 5.95. The van der Waals surface area contributed by atoms with E-state index < -0.39 is 10.0 Å². The first-order valence-corrected chi connectivity index (χ1v) is 10.1. The SMILES string of the molecule is C=CCC1(NS(=O)(=O)c2ccc(C)s2)C2CC=CCC1CC2. The molecule has 0 saturated heterocycles. The van der Waals surface area contributed by atoms with E-state index in [9.17, 15) is 8.42 Å². The van der Waals surface area contributed by atoms with Crippen molar-refractivity contribution in [2.24, 2.45) is 11.8 Å². The number of fused-ring (bicyclic) bond motifs is 2. The maximum absolute atomic E-state index is 12.9. The van der Waals surface area contributed by atoms with E-state index in [1.807, 2.05) is 19.1 Å². The third-order valence-corrected chi connectivity index (χ3v) is 8.13. The highest BCUT2D eigenvalue weighted by Crippen LogP contribution is 2.49. The molecule has 1 fully saturated rings. The van der Waals surface area contributed by atoms with Crippen LogP contribution in [-0.2, 0) is 10.0 Å². The van der Waals surface area contributed by atoms with Crippen molar-refractivity contribution in [2.75, 3.05) is 0 Å². The molecule has 5 heteroatoms. The predicted octanol–water partition coefficient (Wildman–Crippen LogP) is 4.03. The summed E-state index contributed by atoms with van der Waals surface area (Å²) in [6, 6.07) is 3.57. The van der Waals surface area contributed by atoms with Crippen LogP contribution in [0.4, 0.5) is 0 Å². The summed E-state index contributed by atoms with van der Waals surface area (Å²) < 4.78 is 29.3. The zero-order chi connectivity index (χ0) is 15.8. The summed E-state index contributed by atoms with van der Waals surface area (Å²) >= 11 is 1.34. The van der Waals surface area contributed by atoms with Crippen molar-refractivity contribution >= 4 is 21.4 Å². The summed E-state index contributed by atoms with van der Waals surface area (Å²) in [7, 11) is -3.47. The normalized spacial score (nSPS) is 31.1. The summed E-state index contributed by atoms with van der Waals surface area (Å²) in [5.41, 5.74) is -0.373. The molecule has 1 aromatic heterocycles. The van der Waals surface area contributed by atoms with Crippen LogP contribution in [0.5, 0.6) is 0 Å². The standard InChI is InChI=1S/C17H23NO2S2/c1-3-12-17(14-6-4-5-7-15(17)10-9-14)18-22(19,20)16-11-8-13(2)21-16/h3-5,8,11,14-15,18H,1,6-7,9-10,12H2,2H3. The van der Waals surface area contributed by atoms with E-state index >= 15 is 0 Å². The number of sulfonamides is 1. The average molecular weight is 338 g/mol. The van der Waals surface area contributed by atoms with Gasteiger partial charge < -0.3 is 0 Å². The van der Waals surface area contributed by atoms with Crippen molar-refractivity contribution in [2.45, 2.75) is 48.8 Å². The van der Waals surface area contributed by atoms with Crippen molar-refractivity contribution in [3.8, 4) is 0 Å². The van der Waals surface area contributed by atoms with Gasteiger partial charge in [0.2, 0.25) is 0 Å². The number of allylic oxidation sites excluding steroid dienone is 2. The minimum absolute atomic E-state index is 0.366. The summed E-state index contributed by atoms with van der Waals surface area (Å²) in [5, 5.41) is 0. The molecule has 1 heterocycles. The molecule has 3 rings (SSSR count). The lowest BCUT2D eigenvalue weighted by Gasteiger charge is -2.39. The van der Waals surface area contributed by atoms with Gasteiger partial charge in [-0.15, -0.1) is 17.9 Å². The number of aryl methyl sites for hydroxylation is 1. The van der Waals surface area contributed by atoms with Crippen molar-refractivity contribution in [3.63, 3.8) is 0 Å². The zero-order valence-electron chi connectivity index (χ0n) is 12.9. The van der Waals surface area contributed by atoms with E-state index in [1.54, 1.807) is 6.07 Å². The minimum atomic E-state index is -3.47. The van der Waals surface area contributed by atoms with E-state index in [0.29, 0.717) is 22.5 Å². The lowest BCUT2D eigenvalue weighted by molar-refractivity contribution is 0.227. The first-order valence-electron chi connectivity index (χ1n) is 7.84. The van der Waals surface area contributed by atoms with Crippen LogP contribution >= 0.6 is 11.3 Å². The minimum Gasteiger partial charge on any atom is -0.206 e. The molecule has 2 aliphatic rings. The van der Waals surface area contributed by atoms with Gasteiger partial charge in [-0.2, -0.15) is 0 Å². The van der Waals surface area contributed by atoms with Crippen LogP contribution in [0.3, 0.4) is 0 Å². The smallest absolute Gasteiger partial charge is 0.206 e. The zero-order valence-corrected chi connectivity index (χ0v) is 14.6. The van der Waals surface area contributed by atoms with Crippen LogP contribution in [0, 0.1) is 18.8 Å². The Labute approximate surface area is 137 Å². The van der Waals surface area contributed by atoms with Gasteiger partial charge in [-0.1, -0.05) is 18.2 Å². The Hall–Kier alpha value is -0.910. The fourth-order valence-corrected chi connectivity index (χ4v) is 6.88. The molecular weight excluding hydrogens is 314 g/mol. The number of nitrogens with one attached hydrogen (secondary N) is 1. The van der Waals surface area contributed by atoms with Crippen molar-refractivity contribution in [1.29, 1.82) is 0 Å². The summed E-state index contributed by atoms with van der Waals surface area (Å²) in [6.45, 7) is 5.81. The molecule has 0 amide bonds. The van der Waals surface area contributed by atoms with Crippen molar-refractivity contribution < 1.29 is 8.42 Å². The van der Waals surface area contributed by atoms with Crippen molar-refractivity contribution in [1.82, 2.24) is 4.72 Å². The highest BCUT2D eigenvalue weighted by molar-refractivity contribution is 7.91. The van der Waals surface area contributed by atoms with Crippen molar-refractivity contribution in [3.05, 3.63) is 41.8 Å². The van der Waals surface area contributed by atoms with E-state index in [4.69, 9.17) is 0 Å². The molecule has 0 aliphatic heterocycles. The Balaban J connectivity index is 1.97. The first kappa shape index (κ1) is 16.0. The van der Waals surface area contributed by atoms with E-state index in [1.165, 1.54) is 11.3 Å². The molecule has 0 radical (unpaired) electrons. The Morgan fingerprint density at radius 2 is 1.95 bits per heavy atom. The molecular formula is C17H23NO2S2. The molecule has 0 spiro atoms. The molecule has 22 heavy (non-hydrogen) atoms. The molecule has 2 unspecified atom stereocenters. The molecule has 0 aromatic carbocycles. The molecule has 2 atom stereocenters. The fourth-order valence-electron chi connectivity index (χ4n) is 4.07. The largest absolute Gasteiger partial charge is 0.250 e. The van der Waals surface area contributed by atoms with E-state index in [0.717, 1.165) is 30.6 Å². The number of hydrogen-bond donors (Lipinski definition) is 1. The van der Waals surface area contributed by atoms with Gasteiger partial charge in [-0.25, -0.2) is 13.1 Å². The number of rotatable bonds is 5. The molecule has 2 bridgehead atoms. The van der Waals surface area contributed by atoms with Gasteiger partial charge >= 0.3 is 0 Å². The first-order chi connectivity index (χ1) is 10.5. The van der Waals surface area contributed by atoms with Crippen LogP contribution < -0.4 is 4.72 Å². The molecule has 1 aromatic rings. The maximum Gasteiger partial charge on any atom is 0.250 e. The third kappa shape index (κ3) is 2.70. The fraction of sp³-hybridized carbons (Fsp3) is 0.529. The van der Waals surface area contributed by atoms with E-state index in [2.05, 4.69) is 23.5 Å². The van der Waals surface area contributed by atoms with Crippen LogP contribution in [0.25, 0.3) is 0 Å². The Kier molecular flexibility index (Phi) is 4.32. The van der Waals surface area contributed by atoms with Gasteiger partial charge in [0.05, 0.1) is 0 Å². The van der Waals surface area contributed by atoms with Gasteiger partial charge in [-0.3, -0.25) is 0 Å². The topological polar surface area (TPSA) is 46.2 Å². The Morgan fingerprint density at radius 1 is 1.32 bits per heavy atom. The van der Waals surface area contributed by atoms with E-state index in [-0.39, 0.29) is 5.54 Å². The second-order valence-corrected chi connectivity index (χ2v) is 9.61. The number of thiophene rings is 1. The Bertz CT molecular complexity index is 671. The van der Waals surface area contributed by atoms with Gasteiger partial charge in [0.25, 0.3) is 10.0 Å². The monoisotopic (exact) mass is 337 g/mol. The quantitative estimate of drug-likeness (QED) is 0.825. The van der Waals surface area contributed by atoms with Crippen LogP contribution in [0.2, 0.25) is 0 Å².